The van der Waals surface area contributed by atoms with Gasteiger partial charge in [-0.25, -0.2) is 0 Å². The van der Waals surface area contributed by atoms with Gasteiger partial charge in [0.05, 0.1) is 0 Å². The van der Waals surface area contributed by atoms with Gasteiger partial charge in [0.1, 0.15) is 0 Å². The molecule has 13 heavy (non-hydrogen) atoms. The molecular weight excluding hydrogens is 429 g/mol. The van der Waals surface area contributed by atoms with Crippen molar-refractivity contribution < 1.29 is 0 Å². The van der Waals surface area contributed by atoms with E-state index < -0.39 is 0 Å². The first-order valence-corrected chi connectivity index (χ1v) is 7.21. The van der Waals surface area contributed by atoms with Gasteiger partial charge < -0.3 is 0 Å². The molecule has 0 nitrogen and oxygen atoms in total. The Morgan fingerprint density at radius 1 is 1.31 bits per heavy atom. The quantitative estimate of drug-likeness (QED) is 0.445. The summed E-state index contributed by atoms with van der Waals surface area (Å²) >= 11 is 12.4. The molecule has 0 atom stereocenters. The molecule has 0 unspecified atom stereocenters. The van der Waals surface area contributed by atoms with E-state index in [4.69, 9.17) is 11.6 Å². The molecule has 0 aliphatic heterocycles. The summed E-state index contributed by atoms with van der Waals surface area (Å²) in [4.78, 5) is 0. The fourth-order valence-electron chi connectivity index (χ4n) is 1.22. The summed E-state index contributed by atoms with van der Waals surface area (Å²) in [6.07, 6.45) is 0. The molecule has 0 amide bonds. The molecule has 2 rings (SSSR count). The molecule has 1 aromatic heterocycles. The van der Waals surface area contributed by atoms with Gasteiger partial charge in [0.15, 0.2) is 0 Å². The third-order valence-corrected chi connectivity index (χ3v) is 6.19. The number of alkyl halides is 1. The van der Waals surface area contributed by atoms with Crippen LogP contribution in [0.2, 0.25) is 0 Å². The van der Waals surface area contributed by atoms with Crippen molar-refractivity contribution >= 4 is 78.2 Å². The number of hydrogen-bond acceptors (Lipinski definition) is 1. The van der Waals surface area contributed by atoms with E-state index in [-0.39, 0.29) is 0 Å². The van der Waals surface area contributed by atoms with Crippen LogP contribution in [0.15, 0.2) is 17.5 Å². The first-order valence-electron chi connectivity index (χ1n) is 3.64. The van der Waals surface area contributed by atoms with Gasteiger partial charge in [-0.2, -0.15) is 0 Å². The average Bonchev–Trinajstić information content (AvgIpc) is 2.55. The number of rotatable bonds is 1. The zero-order valence-corrected chi connectivity index (χ0v) is 12.4. The zero-order chi connectivity index (χ0) is 9.42. The summed E-state index contributed by atoms with van der Waals surface area (Å²) in [5, 5.41) is 3.49. The normalized spacial score (nSPS) is 11.0. The van der Waals surface area contributed by atoms with Crippen molar-refractivity contribution in [3.8, 4) is 0 Å². The fraction of sp³-hybridized carbons (Fsp3) is 0.111. The number of thiophene rings is 1. The van der Waals surface area contributed by atoms with Gasteiger partial charge in [0.2, 0.25) is 0 Å². The van der Waals surface area contributed by atoms with Crippen LogP contribution in [-0.2, 0) is 5.88 Å². The summed E-state index contributed by atoms with van der Waals surface area (Å²) in [7, 11) is 0. The van der Waals surface area contributed by atoms with Gasteiger partial charge in [-0.1, -0.05) is 0 Å². The Morgan fingerprint density at radius 3 is 2.77 bits per heavy atom. The molecule has 0 spiro atoms. The van der Waals surface area contributed by atoms with Crippen molar-refractivity contribution in [1.29, 1.82) is 0 Å². The number of halogens is 3. The first-order chi connectivity index (χ1) is 6.24. The molecule has 0 N–H and O–H groups in total. The van der Waals surface area contributed by atoms with Crippen LogP contribution in [-0.4, -0.2) is 0 Å². The molecule has 2 aromatic rings. The van der Waals surface area contributed by atoms with E-state index >= 15 is 0 Å². The molecule has 1 heterocycles. The van der Waals surface area contributed by atoms with Crippen LogP contribution < -0.4 is 0 Å². The Labute approximate surface area is 113 Å². The Bertz CT molecular complexity index is 450. The second-order valence-electron chi connectivity index (χ2n) is 2.63. The summed E-state index contributed by atoms with van der Waals surface area (Å²) in [5.41, 5.74) is 1.25. The van der Waals surface area contributed by atoms with E-state index in [1.807, 2.05) is 0 Å². The lowest BCUT2D eigenvalue weighted by atomic mass is 10.2. The third kappa shape index (κ3) is 1.85. The van der Waals surface area contributed by atoms with E-state index in [0.29, 0.717) is 5.88 Å². The molecule has 0 saturated heterocycles. The predicted octanol–water partition coefficient (Wildman–Crippen LogP) is 4.85. The molecule has 0 aliphatic carbocycles. The predicted molar refractivity (Wildman–Crippen MR) is 76.8 cm³/mol. The lowest BCUT2D eigenvalue weighted by Crippen LogP contribution is -1.82. The van der Waals surface area contributed by atoms with Gasteiger partial charge in [-0.05, 0) is 68.3 Å². The second-order valence-corrected chi connectivity index (χ2v) is 6.05. The summed E-state index contributed by atoms with van der Waals surface area (Å²) in [5.74, 6) is 0.607. The second kappa shape index (κ2) is 4.20. The van der Waals surface area contributed by atoms with Gasteiger partial charge in [-0.3, -0.25) is 0 Å². The van der Waals surface area contributed by atoms with Crippen molar-refractivity contribution in [2.24, 2.45) is 0 Å². The molecule has 0 fully saturated rings. The average molecular weight is 434 g/mol. The van der Waals surface area contributed by atoms with Crippen molar-refractivity contribution in [1.82, 2.24) is 0 Å². The van der Waals surface area contributed by atoms with E-state index in [1.54, 1.807) is 11.3 Å². The van der Waals surface area contributed by atoms with E-state index in [2.05, 4.69) is 62.7 Å². The SMILES string of the molecule is ClCc1csc2ccc(I)c(I)c12. The molecule has 0 saturated carbocycles. The van der Waals surface area contributed by atoms with Gasteiger partial charge in [-0.15, -0.1) is 22.9 Å². The lowest BCUT2D eigenvalue weighted by molar-refractivity contribution is 1.48. The smallest absolute Gasteiger partial charge is 0.0488 e. The van der Waals surface area contributed by atoms with Crippen LogP contribution in [0.5, 0.6) is 0 Å². The lowest BCUT2D eigenvalue weighted by Gasteiger charge is -1.99. The Kier molecular flexibility index (Phi) is 3.38. The largest absolute Gasteiger partial charge is 0.143 e. The maximum atomic E-state index is 5.87. The van der Waals surface area contributed by atoms with Crippen molar-refractivity contribution in [3.05, 3.63) is 30.2 Å². The fourth-order valence-corrected chi connectivity index (χ4v) is 3.94. The van der Waals surface area contributed by atoms with Crippen molar-refractivity contribution in [3.63, 3.8) is 0 Å². The molecular formula is C9H5ClI2S. The summed E-state index contributed by atoms with van der Waals surface area (Å²) in [6, 6.07) is 4.32. The van der Waals surface area contributed by atoms with Crippen molar-refractivity contribution in [2.75, 3.05) is 0 Å². The molecule has 0 radical (unpaired) electrons. The van der Waals surface area contributed by atoms with Gasteiger partial charge in [0, 0.05) is 23.1 Å². The Hall–Kier alpha value is 0.930. The first kappa shape index (κ1) is 10.4. The number of hydrogen-bond donors (Lipinski definition) is 0. The molecule has 0 aliphatic rings. The highest BCUT2D eigenvalue weighted by atomic mass is 127. The maximum absolute atomic E-state index is 5.87. The van der Waals surface area contributed by atoms with Crippen LogP contribution in [0.3, 0.4) is 0 Å². The number of fused-ring (bicyclic) bond motifs is 1. The standard InChI is InChI=1S/C9H5ClI2S/c10-3-5-4-13-7-2-1-6(11)9(12)8(5)7/h1-2,4H,3H2. The summed E-state index contributed by atoms with van der Waals surface area (Å²) < 4.78 is 3.96. The van der Waals surface area contributed by atoms with E-state index in [1.165, 1.54) is 22.8 Å². The molecule has 1 aromatic carbocycles. The van der Waals surface area contributed by atoms with Gasteiger partial charge in [0.25, 0.3) is 0 Å². The monoisotopic (exact) mass is 434 g/mol. The number of benzene rings is 1. The molecule has 68 valence electrons. The van der Waals surface area contributed by atoms with E-state index in [0.717, 1.165) is 0 Å². The van der Waals surface area contributed by atoms with Crippen LogP contribution in [0.1, 0.15) is 5.56 Å². The van der Waals surface area contributed by atoms with Crippen molar-refractivity contribution in [2.45, 2.75) is 5.88 Å². The van der Waals surface area contributed by atoms with Crippen LogP contribution in [0, 0.1) is 7.14 Å². The highest BCUT2D eigenvalue weighted by Gasteiger charge is 2.08. The minimum atomic E-state index is 0.607. The Morgan fingerprint density at radius 2 is 2.08 bits per heavy atom. The third-order valence-electron chi connectivity index (χ3n) is 1.85. The van der Waals surface area contributed by atoms with Crippen LogP contribution >= 0.6 is 68.1 Å². The highest BCUT2D eigenvalue weighted by molar-refractivity contribution is 14.1. The molecule has 4 heteroatoms. The van der Waals surface area contributed by atoms with Crippen LogP contribution in [0.4, 0.5) is 0 Å². The summed E-state index contributed by atoms with van der Waals surface area (Å²) in [6.45, 7) is 0. The Balaban J connectivity index is 2.85. The topological polar surface area (TPSA) is 0 Å². The van der Waals surface area contributed by atoms with E-state index in [9.17, 15) is 0 Å². The zero-order valence-electron chi connectivity index (χ0n) is 6.48. The van der Waals surface area contributed by atoms with Gasteiger partial charge >= 0.3 is 0 Å². The maximum Gasteiger partial charge on any atom is 0.0488 e. The minimum Gasteiger partial charge on any atom is -0.143 e. The molecule has 0 bridgehead atoms. The minimum absolute atomic E-state index is 0.607. The van der Waals surface area contributed by atoms with Crippen LogP contribution in [0.25, 0.3) is 10.1 Å². The highest BCUT2D eigenvalue weighted by Crippen LogP contribution is 2.33.